The van der Waals surface area contributed by atoms with E-state index in [1.165, 1.54) is 25.7 Å². The monoisotopic (exact) mass is 201 g/mol. The molecule has 0 aromatic heterocycles. The fourth-order valence-electron chi connectivity index (χ4n) is 1.60. The van der Waals surface area contributed by atoms with Gasteiger partial charge in [0.15, 0.2) is 0 Å². The van der Waals surface area contributed by atoms with Gasteiger partial charge in [-0.2, -0.15) is 0 Å². The van der Waals surface area contributed by atoms with Crippen LogP contribution in [0.4, 0.5) is 0 Å². The van der Waals surface area contributed by atoms with Gasteiger partial charge in [0, 0.05) is 20.3 Å². The lowest BCUT2D eigenvalue weighted by Crippen LogP contribution is -2.32. The molecule has 1 unspecified atom stereocenters. The second kappa shape index (κ2) is 8.25. The summed E-state index contributed by atoms with van der Waals surface area (Å²) < 4.78 is 5.09. The molecule has 14 heavy (non-hydrogen) atoms. The summed E-state index contributed by atoms with van der Waals surface area (Å²) in [5.74, 6) is 0. The van der Waals surface area contributed by atoms with Gasteiger partial charge in [-0.3, -0.25) is 0 Å². The molecule has 0 aliphatic carbocycles. The molecule has 0 spiro atoms. The highest BCUT2D eigenvalue weighted by Crippen LogP contribution is 2.26. The van der Waals surface area contributed by atoms with Crippen LogP contribution in [0.15, 0.2) is 0 Å². The quantitative estimate of drug-likeness (QED) is 0.579. The third kappa shape index (κ3) is 6.39. The Hall–Kier alpha value is -0.0800. The Morgan fingerprint density at radius 3 is 2.50 bits per heavy atom. The summed E-state index contributed by atoms with van der Waals surface area (Å²) >= 11 is 0. The van der Waals surface area contributed by atoms with Crippen molar-refractivity contribution >= 4 is 0 Å². The van der Waals surface area contributed by atoms with E-state index in [-0.39, 0.29) is 0 Å². The predicted octanol–water partition coefficient (Wildman–Crippen LogP) is 2.83. The van der Waals surface area contributed by atoms with E-state index >= 15 is 0 Å². The van der Waals surface area contributed by atoms with Crippen LogP contribution in [-0.4, -0.2) is 26.8 Å². The van der Waals surface area contributed by atoms with E-state index in [1.807, 2.05) is 0 Å². The van der Waals surface area contributed by atoms with Gasteiger partial charge in [0.2, 0.25) is 0 Å². The third-order valence-electron chi connectivity index (χ3n) is 2.96. The zero-order valence-electron chi connectivity index (χ0n) is 10.4. The maximum atomic E-state index is 5.09. The lowest BCUT2D eigenvalue weighted by Gasteiger charge is -2.28. The van der Waals surface area contributed by atoms with E-state index in [9.17, 15) is 0 Å². The number of hydrogen-bond donors (Lipinski definition) is 1. The molecule has 0 amide bonds. The molecule has 0 bridgehead atoms. The molecule has 1 atom stereocenters. The van der Waals surface area contributed by atoms with Gasteiger partial charge in [-0.15, -0.1) is 0 Å². The largest absolute Gasteiger partial charge is 0.385 e. The summed E-state index contributed by atoms with van der Waals surface area (Å²) in [5, 5.41) is 3.51. The van der Waals surface area contributed by atoms with Gasteiger partial charge in [0.25, 0.3) is 0 Å². The van der Waals surface area contributed by atoms with Crippen molar-refractivity contribution in [2.45, 2.75) is 46.5 Å². The lowest BCUT2D eigenvalue weighted by molar-refractivity contribution is 0.167. The van der Waals surface area contributed by atoms with Crippen LogP contribution < -0.4 is 5.32 Å². The molecule has 0 radical (unpaired) electrons. The average Bonchev–Trinajstić information content (AvgIpc) is 2.19. The van der Waals surface area contributed by atoms with E-state index in [1.54, 1.807) is 7.11 Å². The minimum atomic E-state index is 0.452. The molecular weight excluding hydrogens is 174 g/mol. The summed E-state index contributed by atoms with van der Waals surface area (Å²) in [6, 6.07) is 0. The first-order valence-corrected chi connectivity index (χ1v) is 5.88. The van der Waals surface area contributed by atoms with Crippen molar-refractivity contribution < 1.29 is 4.74 Å². The first-order chi connectivity index (χ1) is 6.68. The van der Waals surface area contributed by atoms with Gasteiger partial charge < -0.3 is 10.1 Å². The molecule has 0 aliphatic rings. The number of rotatable bonds is 9. The van der Waals surface area contributed by atoms with E-state index < -0.39 is 0 Å². The van der Waals surface area contributed by atoms with Crippen LogP contribution in [0, 0.1) is 5.41 Å². The summed E-state index contributed by atoms with van der Waals surface area (Å²) in [6.07, 6.45) is 4.90. The number of ether oxygens (including phenoxy) is 1. The topological polar surface area (TPSA) is 21.3 Å². The van der Waals surface area contributed by atoms with E-state index in [4.69, 9.17) is 4.74 Å². The van der Waals surface area contributed by atoms with Crippen LogP contribution in [0.5, 0.6) is 0 Å². The molecule has 2 nitrogen and oxygen atoms in total. The molecule has 0 aromatic rings. The van der Waals surface area contributed by atoms with Gasteiger partial charge in [-0.1, -0.05) is 20.8 Å². The van der Waals surface area contributed by atoms with Gasteiger partial charge in [-0.05, 0) is 37.6 Å². The predicted molar refractivity (Wildman–Crippen MR) is 62.7 cm³/mol. The van der Waals surface area contributed by atoms with Crippen molar-refractivity contribution in [3.8, 4) is 0 Å². The van der Waals surface area contributed by atoms with Crippen LogP contribution in [0.1, 0.15) is 46.5 Å². The zero-order valence-corrected chi connectivity index (χ0v) is 10.4. The minimum Gasteiger partial charge on any atom is -0.385 e. The Morgan fingerprint density at radius 2 is 2.00 bits per heavy atom. The second-order valence-electron chi connectivity index (χ2n) is 4.44. The van der Waals surface area contributed by atoms with E-state index in [0.717, 1.165) is 19.7 Å². The maximum absolute atomic E-state index is 5.09. The van der Waals surface area contributed by atoms with Crippen molar-refractivity contribution in [3.63, 3.8) is 0 Å². The highest BCUT2D eigenvalue weighted by atomic mass is 16.5. The highest BCUT2D eigenvalue weighted by molar-refractivity contribution is 4.75. The maximum Gasteiger partial charge on any atom is 0.0462 e. The van der Waals surface area contributed by atoms with Crippen LogP contribution in [0.2, 0.25) is 0 Å². The van der Waals surface area contributed by atoms with Gasteiger partial charge in [0.1, 0.15) is 0 Å². The average molecular weight is 201 g/mol. The number of nitrogens with one attached hydrogen (secondary N) is 1. The third-order valence-corrected chi connectivity index (χ3v) is 2.96. The molecular formula is C12H27NO. The molecule has 2 heteroatoms. The molecule has 1 N–H and O–H groups in total. The molecule has 0 saturated carbocycles. The van der Waals surface area contributed by atoms with Crippen molar-refractivity contribution in [3.05, 3.63) is 0 Å². The highest BCUT2D eigenvalue weighted by Gasteiger charge is 2.20. The molecule has 0 rings (SSSR count). The Labute approximate surface area is 89.4 Å². The van der Waals surface area contributed by atoms with Gasteiger partial charge >= 0.3 is 0 Å². The van der Waals surface area contributed by atoms with Crippen molar-refractivity contribution in [1.82, 2.24) is 5.32 Å². The molecule has 0 aliphatic heterocycles. The van der Waals surface area contributed by atoms with Crippen molar-refractivity contribution in [1.29, 1.82) is 0 Å². The van der Waals surface area contributed by atoms with Crippen molar-refractivity contribution in [2.75, 3.05) is 26.8 Å². The van der Waals surface area contributed by atoms with E-state index in [2.05, 4.69) is 26.1 Å². The normalized spacial score (nSPS) is 15.4. The SMILES string of the molecule is CCCNCC(C)(CC)CCCOC. The lowest BCUT2D eigenvalue weighted by atomic mass is 9.83. The first-order valence-electron chi connectivity index (χ1n) is 5.88. The molecule has 0 heterocycles. The molecule has 0 aromatic carbocycles. The van der Waals surface area contributed by atoms with Crippen LogP contribution in [-0.2, 0) is 4.74 Å². The summed E-state index contributed by atoms with van der Waals surface area (Å²) in [7, 11) is 1.78. The van der Waals surface area contributed by atoms with Crippen LogP contribution in [0.3, 0.4) is 0 Å². The van der Waals surface area contributed by atoms with Crippen LogP contribution in [0.25, 0.3) is 0 Å². The number of methoxy groups -OCH3 is 1. The van der Waals surface area contributed by atoms with Gasteiger partial charge in [-0.25, -0.2) is 0 Å². The summed E-state index contributed by atoms with van der Waals surface area (Å²) in [5.41, 5.74) is 0.452. The summed E-state index contributed by atoms with van der Waals surface area (Å²) in [4.78, 5) is 0. The first kappa shape index (κ1) is 13.9. The summed E-state index contributed by atoms with van der Waals surface area (Å²) in [6.45, 7) is 10.0. The van der Waals surface area contributed by atoms with Gasteiger partial charge in [0.05, 0.1) is 0 Å². The minimum absolute atomic E-state index is 0.452. The zero-order chi connectivity index (χ0) is 10.9. The number of hydrogen-bond acceptors (Lipinski definition) is 2. The standard InChI is InChI=1S/C12H27NO/c1-5-9-13-11-12(3,6-2)8-7-10-14-4/h13H,5-11H2,1-4H3. The smallest absolute Gasteiger partial charge is 0.0462 e. The van der Waals surface area contributed by atoms with Crippen LogP contribution >= 0.6 is 0 Å². The fourth-order valence-corrected chi connectivity index (χ4v) is 1.60. The second-order valence-corrected chi connectivity index (χ2v) is 4.44. The Balaban J connectivity index is 3.67. The van der Waals surface area contributed by atoms with Crippen molar-refractivity contribution in [2.24, 2.45) is 5.41 Å². The Kier molecular flexibility index (Phi) is 8.20. The Morgan fingerprint density at radius 1 is 1.29 bits per heavy atom. The molecule has 0 saturated heterocycles. The fraction of sp³-hybridized carbons (Fsp3) is 1.00. The molecule has 86 valence electrons. The van der Waals surface area contributed by atoms with E-state index in [0.29, 0.717) is 5.41 Å². The molecule has 0 fully saturated rings. The Bertz CT molecular complexity index is 115.